The molecule has 0 N–H and O–H groups in total. The minimum Gasteiger partial charge on any atom is -0.469 e. The Morgan fingerprint density at radius 3 is 2.52 bits per heavy atom. The van der Waals surface area contributed by atoms with E-state index >= 15 is 0 Å². The number of carbonyl (C=O) groups excluding carboxylic acids is 1. The van der Waals surface area contributed by atoms with E-state index in [1.54, 1.807) is 0 Å². The van der Waals surface area contributed by atoms with Gasteiger partial charge in [0.2, 0.25) is 0 Å². The zero-order valence-corrected chi connectivity index (χ0v) is 12.1. The maximum atomic E-state index is 13.7. The number of benzene rings is 1. The van der Waals surface area contributed by atoms with E-state index in [0.717, 1.165) is 36.7 Å². The van der Waals surface area contributed by atoms with E-state index in [9.17, 15) is 22.4 Å². The minimum absolute atomic E-state index is 0.166. The SMILES string of the molecule is COC(=O)CC1(CSc2ccc(C(F)(F)F)cc2F)CC1. The number of thioether (sulfide) groups is 1. The summed E-state index contributed by atoms with van der Waals surface area (Å²) in [6.45, 7) is 0. The standard InChI is InChI=1S/C14H14F4O2S/c1-20-12(19)7-13(4-5-13)8-21-11-3-2-9(6-10(11)15)14(16,17)18/h2-3,6H,4-5,7-8H2,1H3. The van der Waals surface area contributed by atoms with Gasteiger partial charge in [0.1, 0.15) is 5.82 Å². The summed E-state index contributed by atoms with van der Waals surface area (Å²) in [5, 5.41) is 0. The van der Waals surface area contributed by atoms with Gasteiger partial charge >= 0.3 is 12.1 Å². The lowest BCUT2D eigenvalue weighted by atomic mass is 10.1. The molecule has 0 atom stereocenters. The van der Waals surface area contributed by atoms with E-state index in [-0.39, 0.29) is 22.7 Å². The monoisotopic (exact) mass is 322 g/mol. The summed E-state index contributed by atoms with van der Waals surface area (Å²) in [6.07, 6.45) is -2.60. The molecule has 116 valence electrons. The highest BCUT2D eigenvalue weighted by atomic mass is 32.2. The number of halogens is 4. The van der Waals surface area contributed by atoms with Crippen molar-refractivity contribution in [3.8, 4) is 0 Å². The molecule has 1 saturated carbocycles. The summed E-state index contributed by atoms with van der Waals surface area (Å²) in [7, 11) is 1.31. The molecule has 0 amide bonds. The molecule has 0 aromatic heterocycles. The maximum Gasteiger partial charge on any atom is 0.416 e. The van der Waals surface area contributed by atoms with Gasteiger partial charge in [-0.05, 0) is 36.5 Å². The third-order valence-electron chi connectivity index (χ3n) is 3.50. The van der Waals surface area contributed by atoms with Crippen molar-refractivity contribution in [2.24, 2.45) is 5.41 Å². The highest BCUT2D eigenvalue weighted by Crippen LogP contribution is 2.52. The zero-order valence-electron chi connectivity index (χ0n) is 11.3. The van der Waals surface area contributed by atoms with Crippen molar-refractivity contribution < 1.29 is 27.1 Å². The van der Waals surface area contributed by atoms with Crippen LogP contribution in [0, 0.1) is 11.2 Å². The molecule has 1 aromatic carbocycles. The predicted octanol–water partition coefficient (Wildman–Crippen LogP) is 4.28. The lowest BCUT2D eigenvalue weighted by molar-refractivity contribution is -0.142. The molecule has 0 unspecified atom stereocenters. The molecule has 1 aliphatic rings. The maximum absolute atomic E-state index is 13.7. The molecule has 0 radical (unpaired) electrons. The first-order valence-corrected chi connectivity index (χ1v) is 7.31. The molecule has 21 heavy (non-hydrogen) atoms. The van der Waals surface area contributed by atoms with E-state index < -0.39 is 17.6 Å². The Morgan fingerprint density at radius 2 is 2.05 bits per heavy atom. The first-order valence-electron chi connectivity index (χ1n) is 6.32. The topological polar surface area (TPSA) is 26.3 Å². The van der Waals surface area contributed by atoms with Gasteiger partial charge in [-0.1, -0.05) is 0 Å². The zero-order chi connectivity index (χ0) is 15.7. The second-order valence-electron chi connectivity index (χ2n) is 5.18. The number of hydrogen-bond acceptors (Lipinski definition) is 3. The highest BCUT2D eigenvalue weighted by Gasteiger charge is 2.44. The van der Waals surface area contributed by atoms with Gasteiger partial charge in [-0.3, -0.25) is 4.79 Å². The molecule has 1 aliphatic carbocycles. The molecule has 0 aliphatic heterocycles. The number of esters is 1. The van der Waals surface area contributed by atoms with E-state index in [0.29, 0.717) is 11.8 Å². The summed E-state index contributed by atoms with van der Waals surface area (Å²) in [5.41, 5.74) is -1.20. The van der Waals surface area contributed by atoms with Crippen LogP contribution in [-0.4, -0.2) is 18.8 Å². The third-order valence-corrected chi connectivity index (χ3v) is 4.90. The van der Waals surface area contributed by atoms with Crippen LogP contribution < -0.4 is 0 Å². The second kappa shape index (κ2) is 5.87. The van der Waals surface area contributed by atoms with Gasteiger partial charge in [-0.15, -0.1) is 11.8 Å². The number of carbonyl (C=O) groups is 1. The second-order valence-corrected chi connectivity index (χ2v) is 6.20. The van der Waals surface area contributed by atoms with E-state index in [4.69, 9.17) is 0 Å². The van der Waals surface area contributed by atoms with Crippen molar-refractivity contribution in [3.05, 3.63) is 29.6 Å². The summed E-state index contributed by atoms with van der Waals surface area (Å²) >= 11 is 1.14. The molecule has 1 aromatic rings. The predicted molar refractivity (Wildman–Crippen MR) is 70.4 cm³/mol. The summed E-state index contributed by atoms with van der Waals surface area (Å²) in [4.78, 5) is 11.4. The van der Waals surface area contributed by atoms with Crippen LogP contribution in [0.1, 0.15) is 24.8 Å². The molecule has 2 rings (SSSR count). The fraction of sp³-hybridized carbons (Fsp3) is 0.500. The smallest absolute Gasteiger partial charge is 0.416 e. The Labute approximate surface area is 123 Å². The summed E-state index contributed by atoms with van der Waals surface area (Å²) < 4.78 is 55.6. The van der Waals surface area contributed by atoms with Gasteiger partial charge in [-0.25, -0.2) is 4.39 Å². The molecule has 0 saturated heterocycles. The molecule has 0 bridgehead atoms. The van der Waals surface area contributed by atoms with Gasteiger partial charge in [-0.2, -0.15) is 13.2 Å². The molecule has 1 fully saturated rings. The van der Waals surface area contributed by atoms with Crippen LogP contribution in [0.15, 0.2) is 23.1 Å². The van der Waals surface area contributed by atoms with Gasteiger partial charge in [0, 0.05) is 10.6 Å². The Morgan fingerprint density at radius 1 is 1.38 bits per heavy atom. The van der Waals surface area contributed by atoms with Crippen molar-refractivity contribution in [1.82, 2.24) is 0 Å². The highest BCUT2D eigenvalue weighted by molar-refractivity contribution is 7.99. The lowest BCUT2D eigenvalue weighted by Crippen LogP contribution is -2.13. The first kappa shape index (κ1) is 16.1. The Hall–Kier alpha value is -1.24. The van der Waals surface area contributed by atoms with E-state index in [2.05, 4.69) is 4.74 Å². The van der Waals surface area contributed by atoms with Crippen molar-refractivity contribution >= 4 is 17.7 Å². The average molecular weight is 322 g/mol. The summed E-state index contributed by atoms with van der Waals surface area (Å²) in [6, 6.07) is 2.50. The van der Waals surface area contributed by atoms with Crippen molar-refractivity contribution in [1.29, 1.82) is 0 Å². The Balaban J connectivity index is 2.00. The van der Waals surface area contributed by atoms with Crippen molar-refractivity contribution in [2.45, 2.75) is 30.3 Å². The molecular weight excluding hydrogens is 308 g/mol. The number of methoxy groups -OCH3 is 1. The van der Waals surface area contributed by atoms with Gasteiger partial charge < -0.3 is 4.74 Å². The molecule has 2 nitrogen and oxygen atoms in total. The van der Waals surface area contributed by atoms with Crippen molar-refractivity contribution in [2.75, 3.05) is 12.9 Å². The van der Waals surface area contributed by atoms with Crippen LogP contribution in [0.5, 0.6) is 0 Å². The fourth-order valence-electron chi connectivity index (χ4n) is 1.95. The number of rotatable bonds is 5. The summed E-state index contributed by atoms with van der Waals surface area (Å²) in [5.74, 6) is -0.714. The van der Waals surface area contributed by atoms with Gasteiger partial charge in [0.25, 0.3) is 0 Å². The van der Waals surface area contributed by atoms with Crippen molar-refractivity contribution in [3.63, 3.8) is 0 Å². The van der Waals surface area contributed by atoms with Crippen LogP contribution in [-0.2, 0) is 15.7 Å². The largest absolute Gasteiger partial charge is 0.469 e. The number of alkyl halides is 3. The van der Waals surface area contributed by atoms with Crippen LogP contribution in [0.25, 0.3) is 0 Å². The average Bonchev–Trinajstić information content (AvgIpc) is 3.16. The van der Waals surface area contributed by atoms with Crippen LogP contribution in [0.4, 0.5) is 17.6 Å². The molecule has 0 heterocycles. The Kier molecular flexibility index (Phi) is 4.51. The van der Waals surface area contributed by atoms with Gasteiger partial charge in [0.05, 0.1) is 19.1 Å². The fourth-order valence-corrected chi connectivity index (χ4v) is 3.17. The van der Waals surface area contributed by atoms with E-state index in [1.807, 2.05) is 0 Å². The van der Waals surface area contributed by atoms with Gasteiger partial charge in [0.15, 0.2) is 0 Å². The van der Waals surface area contributed by atoms with Crippen LogP contribution in [0.3, 0.4) is 0 Å². The molecule has 7 heteroatoms. The van der Waals surface area contributed by atoms with E-state index in [1.165, 1.54) is 7.11 Å². The lowest BCUT2D eigenvalue weighted by Gasteiger charge is -2.14. The number of hydrogen-bond donors (Lipinski definition) is 0. The van der Waals surface area contributed by atoms with Crippen LogP contribution >= 0.6 is 11.8 Å². The quantitative estimate of drug-likeness (QED) is 0.460. The molecule has 0 spiro atoms. The number of ether oxygens (including phenoxy) is 1. The van der Waals surface area contributed by atoms with Crippen LogP contribution in [0.2, 0.25) is 0 Å². The minimum atomic E-state index is -4.55. The normalized spacial score (nSPS) is 16.6. The molecular formula is C14H14F4O2S. The first-order chi connectivity index (χ1) is 9.76. The third kappa shape index (κ3) is 4.12. The Bertz CT molecular complexity index is 538.